The van der Waals surface area contributed by atoms with Gasteiger partial charge in [-0.25, -0.2) is 15.4 Å². The van der Waals surface area contributed by atoms with E-state index in [1.807, 2.05) is 0 Å². The molecule has 0 spiro atoms. The summed E-state index contributed by atoms with van der Waals surface area (Å²) >= 11 is 0.846. The van der Waals surface area contributed by atoms with Gasteiger partial charge in [0.1, 0.15) is 11.5 Å². The van der Waals surface area contributed by atoms with Gasteiger partial charge in [0.25, 0.3) is 22.7 Å². The van der Waals surface area contributed by atoms with E-state index in [2.05, 4.69) is 21.6 Å². The topological polar surface area (TPSA) is 155 Å². The minimum atomic E-state index is -0.519. The van der Waals surface area contributed by atoms with E-state index in [0.29, 0.717) is 47.6 Å². The lowest BCUT2D eigenvalue weighted by Gasteiger charge is -2.12. The predicted molar refractivity (Wildman–Crippen MR) is 152 cm³/mol. The van der Waals surface area contributed by atoms with E-state index in [-0.39, 0.29) is 45.7 Å². The Hall–Kier alpha value is -4.95. The van der Waals surface area contributed by atoms with Crippen LogP contribution in [0.4, 0.5) is 37.6 Å². The number of halogens is 1. The van der Waals surface area contributed by atoms with Gasteiger partial charge in [0.2, 0.25) is 0 Å². The Labute approximate surface area is 237 Å². The van der Waals surface area contributed by atoms with Gasteiger partial charge in [-0.2, -0.15) is 4.94 Å². The summed E-state index contributed by atoms with van der Waals surface area (Å²) in [7, 11) is 0. The van der Waals surface area contributed by atoms with Gasteiger partial charge in [0.05, 0.1) is 15.5 Å². The molecule has 0 bridgehead atoms. The van der Waals surface area contributed by atoms with Crippen LogP contribution < -0.4 is 21.6 Å². The number of amides is 3. The van der Waals surface area contributed by atoms with Crippen molar-refractivity contribution in [3.63, 3.8) is 0 Å². The highest BCUT2D eigenvalue weighted by Crippen LogP contribution is 2.42. The van der Waals surface area contributed by atoms with E-state index < -0.39 is 4.92 Å². The molecule has 210 valence electrons. The van der Waals surface area contributed by atoms with Gasteiger partial charge < -0.3 is 10.6 Å². The molecule has 3 aromatic rings. The van der Waals surface area contributed by atoms with Crippen LogP contribution in [0.2, 0.25) is 0 Å². The van der Waals surface area contributed by atoms with Crippen LogP contribution in [0, 0.1) is 15.9 Å². The van der Waals surface area contributed by atoms with Crippen molar-refractivity contribution in [3.8, 4) is 0 Å². The molecule has 0 radical (unpaired) electrons. The van der Waals surface area contributed by atoms with Crippen LogP contribution in [0.5, 0.6) is 0 Å². The van der Waals surface area contributed by atoms with E-state index in [0.717, 1.165) is 11.8 Å². The van der Waals surface area contributed by atoms with Gasteiger partial charge in [0, 0.05) is 30.4 Å². The van der Waals surface area contributed by atoms with E-state index in [9.17, 15) is 28.9 Å². The lowest BCUT2D eigenvalue weighted by molar-refractivity contribution is -0.384. The Bertz CT molecular complexity index is 1550. The van der Waals surface area contributed by atoms with Crippen LogP contribution >= 0.6 is 11.8 Å². The van der Waals surface area contributed by atoms with Gasteiger partial charge in [-0.15, -0.1) is 0 Å². The van der Waals surface area contributed by atoms with Crippen LogP contribution in [-0.4, -0.2) is 40.0 Å². The molecule has 4 N–H and O–H groups in total. The average molecular weight is 579 g/mol. The molecule has 0 aliphatic carbocycles. The highest BCUT2D eigenvalue weighted by atomic mass is 32.2. The second-order valence-corrected chi connectivity index (χ2v) is 9.99. The lowest BCUT2D eigenvalue weighted by Crippen LogP contribution is -2.30. The summed E-state index contributed by atoms with van der Waals surface area (Å²) in [4.78, 5) is 54.5. The van der Waals surface area contributed by atoms with Gasteiger partial charge in [-0.1, -0.05) is 12.1 Å². The van der Waals surface area contributed by atoms with Gasteiger partial charge in [0.15, 0.2) is 5.69 Å². The minimum absolute atomic E-state index is 0.136. The zero-order valence-corrected chi connectivity index (χ0v) is 22.1. The fraction of sp³-hybridized carbons (Fsp3) is 0.148. The third-order valence-corrected chi connectivity index (χ3v) is 7.16. The number of hydrogen-bond donors (Lipinski definition) is 4. The fourth-order valence-electron chi connectivity index (χ4n) is 4.15. The predicted octanol–water partition coefficient (Wildman–Crippen LogP) is 5.41. The average Bonchev–Trinajstić information content (AvgIpc) is 3.55. The number of nitrogens with zero attached hydrogens (tertiary/aromatic N) is 2. The highest BCUT2D eigenvalue weighted by molar-refractivity contribution is 8.18. The fourth-order valence-corrected chi connectivity index (χ4v) is 5.01. The Morgan fingerprint density at radius 2 is 1.76 bits per heavy atom. The van der Waals surface area contributed by atoms with Gasteiger partial charge in [-0.3, -0.25) is 29.4 Å². The van der Waals surface area contributed by atoms with Crippen molar-refractivity contribution in [1.29, 1.82) is 0 Å². The number of imide groups is 1. The summed E-state index contributed by atoms with van der Waals surface area (Å²) in [5, 5.41) is 16.8. The van der Waals surface area contributed by atoms with Crippen molar-refractivity contribution in [2.75, 3.05) is 29.4 Å². The second-order valence-electron chi connectivity index (χ2n) is 9.00. The standard InChI is InChI=1S/C27H23FN6O6S/c28-18-7-3-16(4-8-18)15-22-26(36)33(27(37)41-22)14-2-1-13-29-25(35)17-5-9-19(10-6-17)30-20-11-12-21(34(38)39)24-23(20)31-40-32-24/h3-12,15,30-32H,1-2,13-14H2,(H,29,35)/b22-15-. The molecule has 1 saturated heterocycles. The molecule has 12 nitrogen and oxygen atoms in total. The summed E-state index contributed by atoms with van der Waals surface area (Å²) in [5.74, 6) is -1.05. The molecule has 1 fully saturated rings. The molecule has 2 aliphatic rings. The number of carbonyl (C=O) groups excluding carboxylic acids is 3. The normalized spacial score (nSPS) is 15.0. The largest absolute Gasteiger partial charge is 0.354 e. The molecular formula is C27H23FN6O6S. The van der Waals surface area contributed by atoms with Crippen LogP contribution in [0.1, 0.15) is 28.8 Å². The zero-order valence-electron chi connectivity index (χ0n) is 21.3. The maximum atomic E-state index is 13.1. The van der Waals surface area contributed by atoms with Crippen LogP contribution in [0.25, 0.3) is 6.08 Å². The Morgan fingerprint density at radius 3 is 2.49 bits per heavy atom. The smallest absolute Gasteiger partial charge is 0.297 e. The molecule has 0 saturated carbocycles. The molecule has 3 aromatic carbocycles. The lowest BCUT2D eigenvalue weighted by atomic mass is 10.1. The third kappa shape index (κ3) is 6.28. The molecule has 2 heterocycles. The quantitative estimate of drug-likeness (QED) is 0.106. The monoisotopic (exact) mass is 578 g/mol. The van der Waals surface area contributed by atoms with Crippen molar-refractivity contribution in [1.82, 2.24) is 10.2 Å². The zero-order chi connectivity index (χ0) is 28.9. The van der Waals surface area contributed by atoms with Crippen LogP contribution in [0.3, 0.4) is 0 Å². The Morgan fingerprint density at radius 1 is 1.02 bits per heavy atom. The first-order chi connectivity index (χ1) is 19.8. The van der Waals surface area contributed by atoms with E-state index >= 15 is 0 Å². The first-order valence-electron chi connectivity index (χ1n) is 12.5. The summed E-state index contributed by atoms with van der Waals surface area (Å²) in [5.41, 5.74) is 7.76. The van der Waals surface area contributed by atoms with Crippen molar-refractivity contribution in [3.05, 3.63) is 92.6 Å². The summed E-state index contributed by atoms with van der Waals surface area (Å²) in [6, 6.07) is 15.2. The van der Waals surface area contributed by atoms with E-state index in [1.54, 1.807) is 36.4 Å². The maximum absolute atomic E-state index is 13.1. The number of unbranched alkanes of at least 4 members (excludes halogenated alkanes) is 1. The summed E-state index contributed by atoms with van der Waals surface area (Å²) in [6.07, 6.45) is 2.63. The summed E-state index contributed by atoms with van der Waals surface area (Å²) in [6.45, 7) is 0.581. The second kappa shape index (κ2) is 12.1. The molecule has 2 aliphatic heterocycles. The van der Waals surface area contributed by atoms with Gasteiger partial charge >= 0.3 is 0 Å². The molecule has 0 aromatic heterocycles. The number of carbonyl (C=O) groups is 3. The van der Waals surface area contributed by atoms with Gasteiger partial charge in [-0.05, 0) is 78.7 Å². The SMILES string of the molecule is O=C(NCCCCN1C(=O)S/C(=C\c2ccc(F)cc2)C1=O)c1ccc(Nc2ccc([N+](=O)[O-])c3c2NON3)cc1. The Kier molecular flexibility index (Phi) is 8.12. The number of thioether (sulfide) groups is 1. The molecular weight excluding hydrogens is 555 g/mol. The molecule has 0 atom stereocenters. The molecule has 3 amide bonds. The first-order valence-corrected chi connectivity index (χ1v) is 13.3. The number of nitro groups is 1. The number of hydrogen-bond acceptors (Lipinski definition) is 10. The van der Waals surface area contributed by atoms with E-state index in [1.165, 1.54) is 35.2 Å². The molecule has 41 heavy (non-hydrogen) atoms. The molecule has 5 rings (SSSR count). The van der Waals surface area contributed by atoms with Crippen molar-refractivity contribution >= 4 is 63.3 Å². The number of nitro benzene ring substituents is 1. The minimum Gasteiger partial charge on any atom is -0.354 e. The number of anilines is 4. The first kappa shape index (κ1) is 27.6. The van der Waals surface area contributed by atoms with Crippen molar-refractivity contribution < 1.29 is 28.6 Å². The summed E-state index contributed by atoms with van der Waals surface area (Å²) < 4.78 is 13.1. The highest BCUT2D eigenvalue weighted by Gasteiger charge is 2.34. The van der Waals surface area contributed by atoms with Crippen LogP contribution in [0.15, 0.2) is 65.6 Å². The molecule has 14 heteroatoms. The number of rotatable bonds is 10. The van der Waals surface area contributed by atoms with Crippen molar-refractivity contribution in [2.24, 2.45) is 0 Å². The Balaban J connectivity index is 1.08. The van der Waals surface area contributed by atoms with Crippen molar-refractivity contribution in [2.45, 2.75) is 12.8 Å². The maximum Gasteiger partial charge on any atom is 0.297 e. The number of nitrogens with one attached hydrogen (secondary N) is 4. The number of benzene rings is 3. The molecule has 0 unspecified atom stereocenters. The van der Waals surface area contributed by atoms with E-state index in [4.69, 9.17) is 4.94 Å². The van der Waals surface area contributed by atoms with Crippen LogP contribution in [-0.2, 0) is 9.73 Å². The number of fused-ring (bicyclic) bond motifs is 1. The third-order valence-electron chi connectivity index (χ3n) is 6.25.